The summed E-state index contributed by atoms with van der Waals surface area (Å²) in [5.41, 5.74) is 2.81. The number of hydrogen-bond donors (Lipinski definition) is 1. The van der Waals surface area contributed by atoms with E-state index in [1.807, 2.05) is 0 Å². The van der Waals surface area contributed by atoms with Crippen molar-refractivity contribution in [3.8, 4) is 0 Å². The Morgan fingerprint density at radius 3 is 2.52 bits per heavy atom. The van der Waals surface area contributed by atoms with Gasteiger partial charge in [-0.05, 0) is 82.5 Å². The van der Waals surface area contributed by atoms with Crippen LogP contribution in [0.2, 0.25) is 0 Å². The molecule has 0 bridgehead atoms. The van der Waals surface area contributed by atoms with Gasteiger partial charge in [-0.1, -0.05) is 0 Å². The lowest BCUT2D eigenvalue weighted by Gasteiger charge is -2.29. The Bertz CT molecular complexity index is 645. The van der Waals surface area contributed by atoms with Crippen molar-refractivity contribution in [1.82, 2.24) is 10.2 Å². The van der Waals surface area contributed by atoms with E-state index in [1.165, 1.54) is 24.8 Å². The fourth-order valence-electron chi connectivity index (χ4n) is 3.85. The Hall–Kier alpha value is -1.17. The molecule has 0 radical (unpaired) electrons. The minimum Gasteiger partial charge on any atom is -0.334 e. The third-order valence-corrected chi connectivity index (χ3v) is 6.78. The number of carbonyl (C=O) groups excluding carboxylic acids is 1. The molecule has 2 aromatic heterocycles. The first-order valence-corrected chi connectivity index (χ1v) is 10.2. The highest BCUT2D eigenvalue weighted by molar-refractivity contribution is 7.08. The van der Waals surface area contributed by atoms with Crippen LogP contribution in [-0.2, 0) is 17.8 Å². The highest BCUT2D eigenvalue weighted by Gasteiger charge is 2.57. The van der Waals surface area contributed by atoms with Crippen LogP contribution in [0.25, 0.3) is 0 Å². The summed E-state index contributed by atoms with van der Waals surface area (Å²) in [4.78, 5) is 15.1. The number of piperidine rings is 1. The lowest BCUT2D eigenvalue weighted by molar-refractivity contribution is -0.132. The van der Waals surface area contributed by atoms with Crippen LogP contribution in [0.15, 0.2) is 33.7 Å². The second-order valence-electron chi connectivity index (χ2n) is 6.79. The van der Waals surface area contributed by atoms with Gasteiger partial charge in [-0.3, -0.25) is 4.79 Å². The Morgan fingerprint density at radius 1 is 1.17 bits per heavy atom. The molecule has 1 aliphatic heterocycles. The number of nitrogens with one attached hydrogen (secondary N) is 1. The summed E-state index contributed by atoms with van der Waals surface area (Å²) in [5, 5.41) is 11.9. The summed E-state index contributed by atoms with van der Waals surface area (Å²) >= 11 is 3.38. The standard InChI is InChI=1S/C18H22N2OS2/c21-17(9-14-1-7-22-12-14)20(11-15-2-8-23-13-15)16-10-18(16)3-5-19-6-4-18/h1-2,7-8,12-13,16,19H,3-6,9-11H2. The Morgan fingerprint density at radius 2 is 1.87 bits per heavy atom. The van der Waals surface area contributed by atoms with Crippen molar-refractivity contribution in [2.24, 2.45) is 5.41 Å². The molecule has 1 atom stereocenters. The molecule has 3 nitrogen and oxygen atoms in total. The first-order valence-electron chi connectivity index (χ1n) is 8.29. The lowest BCUT2D eigenvalue weighted by Crippen LogP contribution is -2.39. The predicted molar refractivity (Wildman–Crippen MR) is 95.8 cm³/mol. The van der Waals surface area contributed by atoms with Crippen molar-refractivity contribution in [1.29, 1.82) is 0 Å². The molecule has 1 saturated carbocycles. The molecule has 2 fully saturated rings. The van der Waals surface area contributed by atoms with Gasteiger partial charge in [0.05, 0.1) is 6.42 Å². The Labute approximate surface area is 145 Å². The van der Waals surface area contributed by atoms with Crippen molar-refractivity contribution in [2.75, 3.05) is 13.1 Å². The van der Waals surface area contributed by atoms with E-state index in [-0.39, 0.29) is 5.91 Å². The first-order chi connectivity index (χ1) is 11.3. The van der Waals surface area contributed by atoms with Gasteiger partial charge in [-0.2, -0.15) is 22.7 Å². The van der Waals surface area contributed by atoms with Gasteiger partial charge in [-0.25, -0.2) is 0 Å². The van der Waals surface area contributed by atoms with Crippen molar-refractivity contribution in [2.45, 2.75) is 38.3 Å². The quantitative estimate of drug-likeness (QED) is 0.898. The first kappa shape index (κ1) is 15.4. The number of amides is 1. The van der Waals surface area contributed by atoms with Gasteiger partial charge in [0, 0.05) is 12.6 Å². The molecule has 2 aliphatic rings. The highest BCUT2D eigenvalue weighted by atomic mass is 32.1. The van der Waals surface area contributed by atoms with E-state index >= 15 is 0 Å². The summed E-state index contributed by atoms with van der Waals surface area (Å²) in [6, 6.07) is 4.65. The fourth-order valence-corrected chi connectivity index (χ4v) is 5.18. The van der Waals surface area contributed by atoms with E-state index in [0.717, 1.165) is 25.2 Å². The van der Waals surface area contributed by atoms with Gasteiger partial charge in [0.2, 0.25) is 5.91 Å². The molecule has 1 saturated heterocycles. The minimum atomic E-state index is 0.287. The molecule has 5 heteroatoms. The van der Waals surface area contributed by atoms with E-state index in [1.54, 1.807) is 22.7 Å². The van der Waals surface area contributed by atoms with Crippen LogP contribution >= 0.6 is 22.7 Å². The van der Waals surface area contributed by atoms with Crippen LogP contribution in [-0.4, -0.2) is 29.9 Å². The SMILES string of the molecule is O=C(Cc1ccsc1)N(Cc1ccsc1)C1CC12CCNCC2. The van der Waals surface area contributed by atoms with E-state index < -0.39 is 0 Å². The van der Waals surface area contributed by atoms with Gasteiger partial charge in [0.25, 0.3) is 0 Å². The molecule has 1 amide bonds. The average molecular weight is 347 g/mol. The predicted octanol–water partition coefficient (Wildman–Crippen LogP) is 3.52. The number of thiophene rings is 2. The number of carbonyl (C=O) groups is 1. The maximum Gasteiger partial charge on any atom is 0.227 e. The fraction of sp³-hybridized carbons (Fsp3) is 0.500. The second kappa shape index (κ2) is 6.38. The molecule has 1 N–H and O–H groups in total. The van der Waals surface area contributed by atoms with Crippen LogP contribution in [0, 0.1) is 5.41 Å². The molecule has 122 valence electrons. The van der Waals surface area contributed by atoms with Crippen molar-refractivity contribution < 1.29 is 4.79 Å². The maximum atomic E-state index is 13.0. The highest BCUT2D eigenvalue weighted by Crippen LogP contribution is 2.56. The average Bonchev–Trinajstić information content (AvgIpc) is 2.99. The Kier molecular flexibility index (Phi) is 4.26. The van der Waals surface area contributed by atoms with Gasteiger partial charge in [0.15, 0.2) is 0 Å². The van der Waals surface area contributed by atoms with Crippen LogP contribution in [0.4, 0.5) is 0 Å². The van der Waals surface area contributed by atoms with Crippen LogP contribution < -0.4 is 5.32 Å². The maximum absolute atomic E-state index is 13.0. The van der Waals surface area contributed by atoms with Gasteiger partial charge in [0.1, 0.15) is 0 Å². The van der Waals surface area contributed by atoms with E-state index in [9.17, 15) is 4.79 Å². The van der Waals surface area contributed by atoms with E-state index in [0.29, 0.717) is 17.9 Å². The molecule has 1 spiro atoms. The number of nitrogens with zero attached hydrogens (tertiary/aromatic N) is 1. The summed E-state index contributed by atoms with van der Waals surface area (Å²) in [7, 11) is 0. The van der Waals surface area contributed by atoms with Crippen molar-refractivity contribution >= 4 is 28.6 Å². The molecule has 0 aromatic carbocycles. The molecular formula is C18H22N2OS2. The van der Waals surface area contributed by atoms with E-state index in [4.69, 9.17) is 0 Å². The molecule has 1 aliphatic carbocycles. The van der Waals surface area contributed by atoms with Crippen molar-refractivity contribution in [3.05, 3.63) is 44.8 Å². The minimum absolute atomic E-state index is 0.287. The van der Waals surface area contributed by atoms with E-state index in [2.05, 4.69) is 43.9 Å². The molecule has 2 aromatic rings. The third-order valence-electron chi connectivity index (χ3n) is 5.31. The zero-order chi connectivity index (χ0) is 15.7. The van der Waals surface area contributed by atoms with Crippen LogP contribution in [0.3, 0.4) is 0 Å². The molecular weight excluding hydrogens is 324 g/mol. The normalized spacial score (nSPS) is 22.2. The van der Waals surface area contributed by atoms with Crippen LogP contribution in [0.5, 0.6) is 0 Å². The van der Waals surface area contributed by atoms with Gasteiger partial charge < -0.3 is 10.2 Å². The Balaban J connectivity index is 1.51. The summed E-state index contributed by atoms with van der Waals surface area (Å²) < 4.78 is 0. The van der Waals surface area contributed by atoms with Crippen LogP contribution in [0.1, 0.15) is 30.4 Å². The zero-order valence-corrected chi connectivity index (χ0v) is 14.8. The molecule has 1 unspecified atom stereocenters. The monoisotopic (exact) mass is 346 g/mol. The third kappa shape index (κ3) is 3.23. The van der Waals surface area contributed by atoms with Crippen molar-refractivity contribution in [3.63, 3.8) is 0 Å². The van der Waals surface area contributed by atoms with Gasteiger partial charge >= 0.3 is 0 Å². The largest absolute Gasteiger partial charge is 0.334 e. The molecule has 4 rings (SSSR count). The summed E-state index contributed by atoms with van der Waals surface area (Å²) in [6.07, 6.45) is 4.15. The lowest BCUT2D eigenvalue weighted by atomic mass is 9.93. The summed E-state index contributed by atoms with van der Waals surface area (Å²) in [5.74, 6) is 0.287. The smallest absolute Gasteiger partial charge is 0.227 e. The summed E-state index contributed by atoms with van der Waals surface area (Å²) in [6.45, 7) is 2.97. The molecule has 3 heterocycles. The topological polar surface area (TPSA) is 32.3 Å². The zero-order valence-electron chi connectivity index (χ0n) is 13.2. The number of hydrogen-bond acceptors (Lipinski definition) is 4. The van der Waals surface area contributed by atoms with Gasteiger partial charge in [-0.15, -0.1) is 0 Å². The molecule has 23 heavy (non-hydrogen) atoms. The second-order valence-corrected chi connectivity index (χ2v) is 8.35. The number of rotatable bonds is 5.